The van der Waals surface area contributed by atoms with Crippen LogP contribution in [0.5, 0.6) is 0 Å². The molecule has 0 radical (unpaired) electrons. The van der Waals surface area contributed by atoms with Crippen LogP contribution >= 0.6 is 0 Å². The summed E-state index contributed by atoms with van der Waals surface area (Å²) in [5.74, 6) is -3.76. The molecule has 13 heteroatoms. The Balaban J connectivity index is 2.23. The van der Waals surface area contributed by atoms with Gasteiger partial charge >= 0.3 is 5.97 Å². The van der Waals surface area contributed by atoms with Gasteiger partial charge < -0.3 is 37.4 Å². The van der Waals surface area contributed by atoms with Crippen LogP contribution < -0.4 is 32.3 Å². The Morgan fingerprint density at radius 2 is 1.36 bits per heavy atom. The number of carboxylic acid groups (broad SMARTS) is 1. The Hall–Kier alpha value is -4.00. The van der Waals surface area contributed by atoms with E-state index in [0.717, 1.165) is 5.56 Å². The molecule has 0 aromatic heterocycles. The highest BCUT2D eigenvalue weighted by Crippen LogP contribution is 2.35. The van der Waals surface area contributed by atoms with Gasteiger partial charge in [0.1, 0.15) is 23.7 Å². The number of hydrogen-bond donors (Lipinski definition) is 7. The molecule has 5 amide bonds. The summed E-state index contributed by atoms with van der Waals surface area (Å²) in [4.78, 5) is 78.1. The molecule has 280 valence electrons. The number of nitrogens with one attached hydrogen (secondary N) is 5. The summed E-state index contributed by atoms with van der Waals surface area (Å²) in [7, 11) is 0. The molecule has 8 N–H and O–H groups in total. The van der Waals surface area contributed by atoms with Gasteiger partial charge in [0.25, 0.3) is 0 Å². The third-order valence-corrected chi connectivity index (χ3v) is 9.10. The van der Waals surface area contributed by atoms with Crippen molar-refractivity contribution >= 4 is 35.5 Å². The van der Waals surface area contributed by atoms with Crippen LogP contribution in [0.1, 0.15) is 99.5 Å². The SMILES string of the molecule is CC[C@H](C)[C@H](NC(=O)CC(N)C(Cc1ccccc1)NC(=O)[C@@H](NC(=O)[C@H](CC(C)C)NC(=O)CC(C)C)C(C)C)C(=O)NC1(C(=O)O)CC1. The molecule has 0 spiro atoms. The predicted octanol–water partition coefficient (Wildman–Crippen LogP) is 2.41. The minimum absolute atomic E-state index is 0.105. The van der Waals surface area contributed by atoms with Crippen molar-refractivity contribution in [3.8, 4) is 0 Å². The van der Waals surface area contributed by atoms with Gasteiger partial charge in [-0.1, -0.05) is 92.1 Å². The van der Waals surface area contributed by atoms with Gasteiger partial charge in [-0.2, -0.15) is 0 Å². The van der Waals surface area contributed by atoms with E-state index in [9.17, 15) is 33.9 Å². The summed E-state index contributed by atoms with van der Waals surface area (Å²) in [5.41, 5.74) is 6.18. The number of carbonyl (C=O) groups excluding carboxylic acids is 5. The van der Waals surface area contributed by atoms with E-state index in [1.54, 1.807) is 20.8 Å². The van der Waals surface area contributed by atoms with Crippen LogP contribution in [0.3, 0.4) is 0 Å². The summed E-state index contributed by atoms with van der Waals surface area (Å²) in [6.45, 7) is 15.0. The van der Waals surface area contributed by atoms with E-state index in [0.29, 0.717) is 25.7 Å². The number of carboxylic acids is 1. The summed E-state index contributed by atoms with van der Waals surface area (Å²) >= 11 is 0. The molecule has 1 aliphatic rings. The Labute approximate surface area is 297 Å². The van der Waals surface area contributed by atoms with E-state index in [4.69, 9.17) is 5.73 Å². The van der Waals surface area contributed by atoms with E-state index in [1.165, 1.54) is 0 Å². The lowest BCUT2D eigenvalue weighted by molar-refractivity contribution is -0.143. The first-order chi connectivity index (χ1) is 23.4. The van der Waals surface area contributed by atoms with E-state index < -0.39 is 65.3 Å². The largest absolute Gasteiger partial charge is 0.480 e. The topological polar surface area (TPSA) is 209 Å². The zero-order valence-electron chi connectivity index (χ0n) is 31.0. The molecule has 1 aromatic carbocycles. The Kier molecular flexibility index (Phi) is 16.4. The average molecular weight is 701 g/mol. The van der Waals surface area contributed by atoms with Gasteiger partial charge in [0.15, 0.2) is 0 Å². The van der Waals surface area contributed by atoms with Crippen molar-refractivity contribution in [3.05, 3.63) is 35.9 Å². The Morgan fingerprint density at radius 1 is 0.760 bits per heavy atom. The standard InChI is InChI=1S/C37H60N6O7/c1-9-24(8)32(35(48)43-37(15-16-37)36(49)50)41-30(45)20-26(38)27(19-25-13-11-10-12-14-25)40-34(47)31(23(6)7)42-33(46)28(17-21(2)3)39-29(44)18-22(4)5/h10-14,21-24,26-28,31-32H,9,15-20,38H2,1-8H3,(H,39,44)(H,40,47)(H,41,45)(H,42,46)(H,43,48)(H,49,50)/t24-,26?,27?,28-,31-,32-/m0/s1. The van der Waals surface area contributed by atoms with Crippen LogP contribution in [0.4, 0.5) is 0 Å². The molecule has 0 aliphatic heterocycles. The number of aliphatic carboxylic acids is 1. The summed E-state index contributed by atoms with van der Waals surface area (Å²) in [6.07, 6.45) is 1.92. The van der Waals surface area contributed by atoms with Gasteiger partial charge in [-0.25, -0.2) is 4.79 Å². The zero-order valence-corrected chi connectivity index (χ0v) is 31.0. The number of amides is 5. The first-order valence-corrected chi connectivity index (χ1v) is 17.9. The molecule has 1 fully saturated rings. The second kappa shape index (κ2) is 19.4. The number of carbonyl (C=O) groups is 6. The van der Waals surface area contributed by atoms with Crippen molar-refractivity contribution in [3.63, 3.8) is 0 Å². The molecule has 2 unspecified atom stereocenters. The molecule has 0 heterocycles. The third-order valence-electron chi connectivity index (χ3n) is 9.10. The molecule has 1 aliphatic carbocycles. The predicted molar refractivity (Wildman–Crippen MR) is 191 cm³/mol. The summed E-state index contributed by atoms with van der Waals surface area (Å²) in [5, 5.41) is 23.5. The van der Waals surface area contributed by atoms with Gasteiger partial charge in [-0.3, -0.25) is 24.0 Å². The normalized spacial score (nSPS) is 17.1. The molecule has 13 nitrogen and oxygen atoms in total. The van der Waals surface area contributed by atoms with E-state index in [2.05, 4.69) is 26.6 Å². The maximum atomic E-state index is 13.8. The van der Waals surface area contributed by atoms with Crippen LogP contribution in [-0.2, 0) is 35.2 Å². The van der Waals surface area contributed by atoms with E-state index in [1.807, 2.05) is 65.0 Å². The Bertz CT molecular complexity index is 1310. The van der Waals surface area contributed by atoms with Crippen LogP contribution in [0, 0.1) is 23.7 Å². The van der Waals surface area contributed by atoms with Crippen molar-refractivity contribution < 1.29 is 33.9 Å². The molecule has 50 heavy (non-hydrogen) atoms. The Morgan fingerprint density at radius 3 is 1.86 bits per heavy atom. The van der Waals surface area contributed by atoms with E-state index >= 15 is 0 Å². The van der Waals surface area contributed by atoms with Crippen molar-refractivity contribution in [1.29, 1.82) is 0 Å². The van der Waals surface area contributed by atoms with Gasteiger partial charge in [-0.05, 0) is 54.9 Å². The molecule has 0 bridgehead atoms. The molecule has 6 atom stereocenters. The number of rotatable bonds is 21. The number of benzene rings is 1. The zero-order chi connectivity index (χ0) is 37.8. The fraction of sp³-hybridized carbons (Fsp3) is 0.676. The minimum Gasteiger partial charge on any atom is -0.480 e. The molecule has 0 saturated heterocycles. The van der Waals surface area contributed by atoms with Crippen LogP contribution in [-0.4, -0.2) is 76.4 Å². The molecule has 1 aromatic rings. The van der Waals surface area contributed by atoms with Crippen molar-refractivity contribution in [2.75, 3.05) is 0 Å². The van der Waals surface area contributed by atoms with E-state index in [-0.39, 0.29) is 48.8 Å². The van der Waals surface area contributed by atoms with Crippen LogP contribution in [0.15, 0.2) is 30.3 Å². The number of nitrogens with two attached hydrogens (primary N) is 1. The molecule has 2 rings (SSSR count). The van der Waals surface area contributed by atoms with Gasteiger partial charge in [0.05, 0.1) is 0 Å². The smallest absolute Gasteiger partial charge is 0.329 e. The van der Waals surface area contributed by atoms with Gasteiger partial charge in [0.2, 0.25) is 29.5 Å². The highest BCUT2D eigenvalue weighted by atomic mass is 16.4. The lowest BCUT2D eigenvalue weighted by Gasteiger charge is -2.31. The first kappa shape index (κ1) is 42.2. The van der Waals surface area contributed by atoms with Gasteiger partial charge in [0, 0.05) is 24.9 Å². The average Bonchev–Trinajstić information content (AvgIpc) is 3.81. The van der Waals surface area contributed by atoms with Crippen molar-refractivity contribution in [2.24, 2.45) is 29.4 Å². The highest BCUT2D eigenvalue weighted by molar-refractivity contribution is 5.94. The first-order valence-electron chi connectivity index (χ1n) is 17.9. The third kappa shape index (κ3) is 13.4. The monoisotopic (exact) mass is 700 g/mol. The summed E-state index contributed by atoms with van der Waals surface area (Å²) < 4.78 is 0. The molecule has 1 saturated carbocycles. The summed E-state index contributed by atoms with van der Waals surface area (Å²) in [6, 6.07) is 4.95. The molecular formula is C37H60N6O7. The highest BCUT2D eigenvalue weighted by Gasteiger charge is 2.52. The lowest BCUT2D eigenvalue weighted by Crippen LogP contribution is -2.60. The number of hydrogen-bond acceptors (Lipinski definition) is 7. The van der Waals surface area contributed by atoms with Gasteiger partial charge in [-0.15, -0.1) is 0 Å². The second-order valence-corrected chi connectivity index (χ2v) is 15.1. The van der Waals surface area contributed by atoms with Crippen LogP contribution in [0.2, 0.25) is 0 Å². The maximum absolute atomic E-state index is 13.8. The van der Waals surface area contributed by atoms with Crippen molar-refractivity contribution in [1.82, 2.24) is 26.6 Å². The molecular weight excluding hydrogens is 640 g/mol. The van der Waals surface area contributed by atoms with Crippen LogP contribution in [0.25, 0.3) is 0 Å². The van der Waals surface area contributed by atoms with Crippen molar-refractivity contribution in [2.45, 2.75) is 136 Å². The lowest BCUT2D eigenvalue weighted by atomic mass is 9.94. The minimum atomic E-state index is -1.30. The second-order valence-electron chi connectivity index (χ2n) is 15.1. The fourth-order valence-corrected chi connectivity index (χ4v) is 5.69. The fourth-order valence-electron chi connectivity index (χ4n) is 5.69. The maximum Gasteiger partial charge on any atom is 0.329 e. The quantitative estimate of drug-likeness (QED) is 0.101.